The molecule has 0 fully saturated rings. The summed E-state index contributed by atoms with van der Waals surface area (Å²) in [6, 6.07) is 4.38. The van der Waals surface area contributed by atoms with Gasteiger partial charge in [-0.25, -0.2) is 4.39 Å². The average Bonchev–Trinajstić information content (AvgIpc) is 2.14. The van der Waals surface area contributed by atoms with Crippen LogP contribution in [0.4, 0.5) is 4.39 Å². The number of thioether (sulfide) groups is 1. The predicted molar refractivity (Wildman–Crippen MR) is 55.2 cm³/mol. The maximum atomic E-state index is 12.9. The first-order chi connectivity index (χ1) is 6.59. The van der Waals surface area contributed by atoms with Gasteiger partial charge in [0.25, 0.3) is 0 Å². The second kappa shape index (κ2) is 3.39. The van der Waals surface area contributed by atoms with Crippen LogP contribution in [-0.2, 0) is 0 Å². The first-order valence-corrected chi connectivity index (χ1v) is 5.48. The summed E-state index contributed by atoms with van der Waals surface area (Å²) in [5, 5.41) is 0.233. The number of hydrogen-bond donors (Lipinski definition) is 0. The molecule has 0 N–H and O–H groups in total. The summed E-state index contributed by atoms with van der Waals surface area (Å²) in [7, 11) is 0. The third kappa shape index (κ3) is 1.46. The second-order valence-corrected chi connectivity index (χ2v) is 5.04. The molecule has 0 aromatic heterocycles. The van der Waals surface area contributed by atoms with Crippen LogP contribution in [0.15, 0.2) is 23.1 Å². The van der Waals surface area contributed by atoms with E-state index in [0.717, 1.165) is 4.90 Å². The van der Waals surface area contributed by atoms with E-state index in [1.165, 1.54) is 12.1 Å². The molecule has 2 atom stereocenters. The molecule has 1 nitrogen and oxygen atoms in total. The van der Waals surface area contributed by atoms with E-state index >= 15 is 0 Å². The van der Waals surface area contributed by atoms with Crippen LogP contribution in [0, 0.1) is 11.7 Å². The highest BCUT2D eigenvalue weighted by Crippen LogP contribution is 2.38. The standard InChI is InChI=1S/C11H11FOS/c1-6-7(2)14-10-5-8(12)3-4-9(10)11(6)13/h3-7H,1-2H3. The molecule has 2 rings (SSSR count). The van der Waals surface area contributed by atoms with Gasteiger partial charge in [-0.3, -0.25) is 4.79 Å². The summed E-state index contributed by atoms with van der Waals surface area (Å²) in [6.07, 6.45) is 0. The molecule has 3 heteroatoms. The molecule has 0 saturated carbocycles. The minimum atomic E-state index is -0.272. The fraction of sp³-hybridized carbons (Fsp3) is 0.364. The lowest BCUT2D eigenvalue weighted by atomic mass is 9.96. The molecule has 2 unspecified atom stereocenters. The summed E-state index contributed by atoms with van der Waals surface area (Å²) >= 11 is 1.58. The van der Waals surface area contributed by atoms with Gasteiger partial charge < -0.3 is 0 Å². The van der Waals surface area contributed by atoms with Gasteiger partial charge in [0.15, 0.2) is 5.78 Å². The first kappa shape index (κ1) is 9.71. The average molecular weight is 210 g/mol. The van der Waals surface area contributed by atoms with E-state index in [2.05, 4.69) is 0 Å². The van der Waals surface area contributed by atoms with Gasteiger partial charge in [-0.2, -0.15) is 0 Å². The molecule has 0 spiro atoms. The third-order valence-electron chi connectivity index (χ3n) is 2.64. The fourth-order valence-corrected chi connectivity index (χ4v) is 2.76. The van der Waals surface area contributed by atoms with Crippen molar-refractivity contribution in [2.45, 2.75) is 24.0 Å². The van der Waals surface area contributed by atoms with Gasteiger partial charge in [-0.15, -0.1) is 11.8 Å². The van der Waals surface area contributed by atoms with Gasteiger partial charge >= 0.3 is 0 Å². The molecule has 1 aromatic carbocycles. The monoisotopic (exact) mass is 210 g/mol. The van der Waals surface area contributed by atoms with Crippen LogP contribution in [0.25, 0.3) is 0 Å². The lowest BCUT2D eigenvalue weighted by Gasteiger charge is -2.25. The largest absolute Gasteiger partial charge is 0.294 e. The Bertz CT molecular complexity index is 389. The van der Waals surface area contributed by atoms with E-state index in [9.17, 15) is 9.18 Å². The number of fused-ring (bicyclic) bond motifs is 1. The smallest absolute Gasteiger partial charge is 0.167 e. The van der Waals surface area contributed by atoms with E-state index in [-0.39, 0.29) is 22.8 Å². The van der Waals surface area contributed by atoms with Crippen molar-refractivity contribution in [3.05, 3.63) is 29.6 Å². The number of benzene rings is 1. The van der Waals surface area contributed by atoms with Crippen molar-refractivity contribution in [1.82, 2.24) is 0 Å². The molecular formula is C11H11FOS. The number of halogens is 1. The van der Waals surface area contributed by atoms with Crippen LogP contribution in [0.5, 0.6) is 0 Å². The van der Waals surface area contributed by atoms with Gasteiger partial charge in [-0.1, -0.05) is 13.8 Å². The number of carbonyl (C=O) groups excluding carboxylic acids is 1. The van der Waals surface area contributed by atoms with Crippen LogP contribution >= 0.6 is 11.8 Å². The fourth-order valence-electron chi connectivity index (χ4n) is 1.56. The van der Waals surface area contributed by atoms with Crippen LogP contribution < -0.4 is 0 Å². The summed E-state index contributed by atoms with van der Waals surface area (Å²) in [5.41, 5.74) is 0.669. The maximum Gasteiger partial charge on any atom is 0.167 e. The van der Waals surface area contributed by atoms with E-state index in [4.69, 9.17) is 0 Å². The highest BCUT2D eigenvalue weighted by molar-refractivity contribution is 8.00. The number of hydrogen-bond acceptors (Lipinski definition) is 2. The van der Waals surface area contributed by atoms with Gasteiger partial charge in [0.05, 0.1) is 0 Å². The normalized spacial score (nSPS) is 26.1. The zero-order valence-corrected chi connectivity index (χ0v) is 8.90. The van der Waals surface area contributed by atoms with Crippen LogP contribution in [-0.4, -0.2) is 11.0 Å². The molecule has 1 aliphatic heterocycles. The maximum absolute atomic E-state index is 12.9. The zero-order chi connectivity index (χ0) is 10.3. The Morgan fingerprint density at radius 2 is 2.07 bits per heavy atom. The van der Waals surface area contributed by atoms with Crippen molar-refractivity contribution < 1.29 is 9.18 Å². The molecule has 1 aliphatic rings. The molecule has 0 aliphatic carbocycles. The number of carbonyl (C=O) groups is 1. The van der Waals surface area contributed by atoms with E-state index < -0.39 is 0 Å². The molecule has 1 heterocycles. The van der Waals surface area contributed by atoms with Gasteiger partial charge in [0, 0.05) is 21.6 Å². The predicted octanol–water partition coefficient (Wildman–Crippen LogP) is 3.14. The Labute approximate surface area is 86.7 Å². The van der Waals surface area contributed by atoms with E-state index in [1.54, 1.807) is 17.8 Å². The Kier molecular flexibility index (Phi) is 2.35. The summed E-state index contributed by atoms with van der Waals surface area (Å²) < 4.78 is 12.9. The molecule has 0 amide bonds. The number of Topliss-reactive ketones (excluding diaryl/α,β-unsaturated/α-hetero) is 1. The molecule has 74 valence electrons. The summed E-state index contributed by atoms with van der Waals surface area (Å²) in [5.74, 6) is -0.116. The lowest BCUT2D eigenvalue weighted by molar-refractivity contribution is 0.0924. The molecule has 0 radical (unpaired) electrons. The Morgan fingerprint density at radius 1 is 1.36 bits per heavy atom. The molecule has 14 heavy (non-hydrogen) atoms. The highest BCUT2D eigenvalue weighted by Gasteiger charge is 2.30. The minimum Gasteiger partial charge on any atom is -0.294 e. The zero-order valence-electron chi connectivity index (χ0n) is 8.08. The van der Waals surface area contributed by atoms with Crippen LogP contribution in [0.2, 0.25) is 0 Å². The van der Waals surface area contributed by atoms with Gasteiger partial charge in [-0.05, 0) is 18.2 Å². The molecule has 1 aromatic rings. The summed E-state index contributed by atoms with van der Waals surface area (Å²) in [4.78, 5) is 12.6. The van der Waals surface area contributed by atoms with Crippen molar-refractivity contribution in [3.8, 4) is 0 Å². The quantitative estimate of drug-likeness (QED) is 0.654. The summed E-state index contributed by atoms with van der Waals surface area (Å²) in [6.45, 7) is 3.92. The topological polar surface area (TPSA) is 17.1 Å². The number of ketones is 1. The SMILES string of the molecule is CC1Sc2cc(F)ccc2C(=O)C1C. The van der Waals surface area contributed by atoms with Crippen molar-refractivity contribution in [3.63, 3.8) is 0 Å². The van der Waals surface area contributed by atoms with Crippen LogP contribution in [0.3, 0.4) is 0 Å². The Morgan fingerprint density at radius 3 is 2.79 bits per heavy atom. The van der Waals surface area contributed by atoms with Gasteiger partial charge in [0.1, 0.15) is 5.82 Å². The molecular weight excluding hydrogens is 199 g/mol. The number of rotatable bonds is 0. The van der Waals surface area contributed by atoms with Crippen molar-refractivity contribution >= 4 is 17.5 Å². The van der Waals surface area contributed by atoms with Crippen molar-refractivity contribution in [1.29, 1.82) is 0 Å². The van der Waals surface area contributed by atoms with Crippen LogP contribution in [0.1, 0.15) is 24.2 Å². The van der Waals surface area contributed by atoms with Crippen molar-refractivity contribution in [2.75, 3.05) is 0 Å². The molecule has 0 bridgehead atoms. The highest BCUT2D eigenvalue weighted by atomic mass is 32.2. The van der Waals surface area contributed by atoms with Gasteiger partial charge in [0.2, 0.25) is 0 Å². The Hall–Kier alpha value is -0.830. The lowest BCUT2D eigenvalue weighted by Crippen LogP contribution is -2.25. The minimum absolute atomic E-state index is 0.0259. The van der Waals surface area contributed by atoms with Crippen molar-refractivity contribution in [2.24, 2.45) is 5.92 Å². The third-order valence-corrected chi connectivity index (χ3v) is 4.01. The first-order valence-electron chi connectivity index (χ1n) is 4.60. The van der Waals surface area contributed by atoms with E-state index in [1.807, 2.05) is 13.8 Å². The second-order valence-electron chi connectivity index (χ2n) is 3.62. The Balaban J connectivity index is 2.51. The molecule has 0 saturated heterocycles. The van der Waals surface area contributed by atoms with E-state index in [0.29, 0.717) is 5.56 Å².